The SMILES string of the molecule is Cn1c(=O)nc2c3c(c(N)ccc31)C(=O)c1ccccc1-2. The minimum absolute atomic E-state index is 0.123. The lowest BCUT2D eigenvalue weighted by Crippen LogP contribution is -2.24. The summed E-state index contributed by atoms with van der Waals surface area (Å²) < 4.78 is 1.43. The average Bonchev–Trinajstić information content (AvgIpc) is 2.49. The topological polar surface area (TPSA) is 78.0 Å². The predicted octanol–water partition coefficient (Wildman–Crippen LogP) is 1.73. The van der Waals surface area contributed by atoms with E-state index < -0.39 is 0 Å². The van der Waals surface area contributed by atoms with Crippen LogP contribution in [0.2, 0.25) is 0 Å². The van der Waals surface area contributed by atoms with Crippen LogP contribution in [0.3, 0.4) is 0 Å². The van der Waals surface area contributed by atoms with E-state index in [0.29, 0.717) is 39.0 Å². The Balaban J connectivity index is 2.35. The van der Waals surface area contributed by atoms with Crippen molar-refractivity contribution in [2.24, 2.45) is 7.05 Å². The molecule has 0 bridgehead atoms. The van der Waals surface area contributed by atoms with Crippen LogP contribution in [-0.4, -0.2) is 15.3 Å². The quantitative estimate of drug-likeness (QED) is 0.496. The first-order chi connectivity index (χ1) is 10.1. The summed E-state index contributed by atoms with van der Waals surface area (Å²) in [6.45, 7) is 0. The third-order valence-corrected chi connectivity index (χ3v) is 3.96. The standard InChI is InChI=1S/C16H11N3O2/c1-19-11-7-6-10(17)12-13(11)14(18-16(19)21)8-4-2-3-5-9(8)15(12)20/h2-7H,17H2,1H3. The molecule has 0 unspecified atom stereocenters. The summed E-state index contributed by atoms with van der Waals surface area (Å²) in [5.74, 6) is -0.123. The van der Waals surface area contributed by atoms with Gasteiger partial charge in [0.25, 0.3) is 0 Å². The van der Waals surface area contributed by atoms with Crippen molar-refractivity contribution in [2.75, 3.05) is 5.73 Å². The summed E-state index contributed by atoms with van der Waals surface area (Å²) in [7, 11) is 1.64. The van der Waals surface area contributed by atoms with Crippen LogP contribution >= 0.6 is 0 Å². The number of benzene rings is 2. The minimum Gasteiger partial charge on any atom is -0.398 e. The maximum Gasteiger partial charge on any atom is 0.348 e. The maximum absolute atomic E-state index is 12.7. The molecule has 3 aromatic rings. The van der Waals surface area contributed by atoms with Gasteiger partial charge in [0.15, 0.2) is 5.78 Å². The number of aryl methyl sites for hydroxylation is 1. The van der Waals surface area contributed by atoms with Crippen LogP contribution < -0.4 is 11.4 Å². The van der Waals surface area contributed by atoms with Gasteiger partial charge in [-0.15, -0.1) is 0 Å². The second kappa shape index (κ2) is 3.79. The predicted molar refractivity (Wildman–Crippen MR) is 80.3 cm³/mol. The van der Waals surface area contributed by atoms with Crippen molar-refractivity contribution in [1.82, 2.24) is 9.55 Å². The van der Waals surface area contributed by atoms with Crippen LogP contribution in [-0.2, 0) is 7.05 Å². The Bertz CT molecular complexity index is 1000. The maximum atomic E-state index is 12.7. The summed E-state index contributed by atoms with van der Waals surface area (Å²) in [5.41, 5.74) is 8.90. The first kappa shape index (κ1) is 11.8. The van der Waals surface area contributed by atoms with Crippen molar-refractivity contribution in [2.45, 2.75) is 0 Å². The van der Waals surface area contributed by atoms with Crippen molar-refractivity contribution in [1.29, 1.82) is 0 Å². The zero-order chi connectivity index (χ0) is 14.7. The number of hydrogen-bond donors (Lipinski definition) is 1. The molecule has 21 heavy (non-hydrogen) atoms. The van der Waals surface area contributed by atoms with Crippen LogP contribution in [0.4, 0.5) is 5.69 Å². The van der Waals surface area contributed by atoms with Gasteiger partial charge in [-0.05, 0) is 12.1 Å². The third-order valence-electron chi connectivity index (χ3n) is 3.96. The Kier molecular flexibility index (Phi) is 2.14. The van der Waals surface area contributed by atoms with Crippen molar-refractivity contribution in [3.63, 3.8) is 0 Å². The number of nitrogens with two attached hydrogens (primary N) is 1. The van der Waals surface area contributed by atoms with Crippen molar-refractivity contribution in [3.8, 4) is 11.3 Å². The Morgan fingerprint density at radius 2 is 1.76 bits per heavy atom. The van der Waals surface area contributed by atoms with E-state index in [1.807, 2.05) is 6.07 Å². The van der Waals surface area contributed by atoms with Crippen LogP contribution in [0.1, 0.15) is 15.9 Å². The fourth-order valence-electron chi connectivity index (χ4n) is 2.92. The molecule has 2 aromatic carbocycles. The number of carbonyl (C=O) groups is 1. The number of nitrogens with zero attached hydrogens (tertiary/aromatic N) is 2. The number of hydrogen-bond acceptors (Lipinski definition) is 4. The Morgan fingerprint density at radius 3 is 2.52 bits per heavy atom. The lowest BCUT2D eigenvalue weighted by molar-refractivity contribution is 0.104. The molecule has 0 amide bonds. The molecule has 0 saturated heterocycles. The number of nitrogen functional groups attached to an aromatic ring is 1. The van der Waals surface area contributed by atoms with Gasteiger partial charge in [-0.1, -0.05) is 24.3 Å². The molecule has 4 rings (SSSR count). The van der Waals surface area contributed by atoms with E-state index in [4.69, 9.17) is 5.73 Å². The lowest BCUT2D eigenvalue weighted by Gasteiger charge is -2.20. The highest BCUT2D eigenvalue weighted by Crippen LogP contribution is 2.39. The van der Waals surface area contributed by atoms with Gasteiger partial charge in [-0.2, -0.15) is 4.98 Å². The highest BCUT2D eigenvalue weighted by molar-refractivity contribution is 6.27. The molecule has 5 heteroatoms. The molecule has 0 atom stereocenters. The molecule has 1 aliphatic carbocycles. The number of anilines is 1. The van der Waals surface area contributed by atoms with E-state index in [2.05, 4.69) is 4.98 Å². The second-order valence-corrected chi connectivity index (χ2v) is 5.10. The van der Waals surface area contributed by atoms with E-state index in [-0.39, 0.29) is 11.5 Å². The van der Waals surface area contributed by atoms with Gasteiger partial charge in [-0.3, -0.25) is 9.36 Å². The normalized spacial score (nSPS) is 12.5. The summed E-state index contributed by atoms with van der Waals surface area (Å²) in [5, 5.41) is 0.654. The zero-order valence-electron chi connectivity index (χ0n) is 11.3. The van der Waals surface area contributed by atoms with Crippen molar-refractivity contribution >= 4 is 22.4 Å². The molecule has 102 valence electrons. The molecular formula is C16H11N3O2. The van der Waals surface area contributed by atoms with Crippen LogP contribution in [0.15, 0.2) is 41.2 Å². The Morgan fingerprint density at radius 1 is 1.05 bits per heavy atom. The molecule has 1 heterocycles. The fourth-order valence-corrected chi connectivity index (χ4v) is 2.92. The number of ketones is 1. The second-order valence-electron chi connectivity index (χ2n) is 5.10. The van der Waals surface area contributed by atoms with Crippen LogP contribution in [0.5, 0.6) is 0 Å². The Labute approximate surface area is 119 Å². The summed E-state index contributed by atoms with van der Waals surface area (Å²) in [6.07, 6.45) is 0. The van der Waals surface area contributed by atoms with Gasteiger partial charge >= 0.3 is 5.69 Å². The highest BCUT2D eigenvalue weighted by Gasteiger charge is 2.29. The van der Waals surface area contributed by atoms with Crippen LogP contribution in [0.25, 0.3) is 22.2 Å². The van der Waals surface area contributed by atoms with E-state index in [0.717, 1.165) is 0 Å². The molecule has 5 nitrogen and oxygen atoms in total. The lowest BCUT2D eigenvalue weighted by atomic mass is 9.86. The molecule has 0 spiro atoms. The van der Waals surface area contributed by atoms with Gasteiger partial charge in [-0.25, -0.2) is 4.79 Å². The number of carbonyl (C=O) groups excluding carboxylic acids is 1. The molecular weight excluding hydrogens is 266 g/mol. The first-order valence-corrected chi connectivity index (χ1v) is 6.53. The fraction of sp³-hybridized carbons (Fsp3) is 0.0625. The van der Waals surface area contributed by atoms with E-state index in [1.54, 1.807) is 37.4 Å². The van der Waals surface area contributed by atoms with Crippen LogP contribution in [0, 0.1) is 0 Å². The molecule has 0 saturated carbocycles. The molecule has 1 aromatic heterocycles. The molecule has 0 fully saturated rings. The Hall–Kier alpha value is -2.95. The monoisotopic (exact) mass is 277 g/mol. The van der Waals surface area contributed by atoms with Crippen molar-refractivity contribution < 1.29 is 4.79 Å². The number of aromatic nitrogens is 2. The zero-order valence-corrected chi connectivity index (χ0v) is 11.3. The average molecular weight is 277 g/mol. The summed E-state index contributed by atoms with van der Waals surface area (Å²) in [4.78, 5) is 28.9. The van der Waals surface area contributed by atoms with Crippen molar-refractivity contribution in [3.05, 3.63) is 58.0 Å². The van der Waals surface area contributed by atoms with Gasteiger partial charge < -0.3 is 5.73 Å². The molecule has 0 radical (unpaired) electrons. The summed E-state index contributed by atoms with van der Waals surface area (Å²) >= 11 is 0. The van der Waals surface area contributed by atoms with Gasteiger partial charge in [0.05, 0.1) is 16.8 Å². The minimum atomic E-state index is -0.350. The van der Waals surface area contributed by atoms with Gasteiger partial charge in [0.1, 0.15) is 0 Å². The third kappa shape index (κ3) is 1.37. The summed E-state index contributed by atoms with van der Waals surface area (Å²) in [6, 6.07) is 10.6. The molecule has 2 N–H and O–H groups in total. The molecule has 0 aliphatic heterocycles. The van der Waals surface area contributed by atoms with E-state index in [1.165, 1.54) is 4.57 Å². The first-order valence-electron chi connectivity index (χ1n) is 6.53. The highest BCUT2D eigenvalue weighted by atomic mass is 16.1. The smallest absolute Gasteiger partial charge is 0.348 e. The van der Waals surface area contributed by atoms with Gasteiger partial charge in [0.2, 0.25) is 0 Å². The number of rotatable bonds is 0. The molecule has 1 aliphatic rings. The van der Waals surface area contributed by atoms with E-state index >= 15 is 0 Å². The number of fused-ring (bicyclic) bond motifs is 2. The largest absolute Gasteiger partial charge is 0.398 e. The van der Waals surface area contributed by atoms with Gasteiger partial charge in [0, 0.05) is 29.2 Å². The van der Waals surface area contributed by atoms with E-state index in [9.17, 15) is 9.59 Å².